The van der Waals surface area contributed by atoms with Gasteiger partial charge < -0.3 is 15.3 Å². The Kier molecular flexibility index (Phi) is 4.17. The van der Waals surface area contributed by atoms with Crippen LogP contribution < -0.4 is 5.32 Å². The minimum atomic E-state index is -1.36. The van der Waals surface area contributed by atoms with Gasteiger partial charge in [-0.1, -0.05) is 0 Å². The lowest BCUT2D eigenvalue weighted by molar-refractivity contribution is 0.0692. The van der Waals surface area contributed by atoms with Crippen LogP contribution in [-0.4, -0.2) is 39.3 Å². The van der Waals surface area contributed by atoms with Crippen molar-refractivity contribution >= 4 is 17.7 Å². The number of H-pyrrole nitrogens is 1. The van der Waals surface area contributed by atoms with Crippen LogP contribution in [0.4, 0.5) is 14.9 Å². The third-order valence-electron chi connectivity index (χ3n) is 2.77. The van der Waals surface area contributed by atoms with Crippen molar-refractivity contribution in [1.82, 2.24) is 15.1 Å². The molecule has 0 unspecified atom stereocenters. The number of rotatable bonds is 4. The second-order valence-corrected chi connectivity index (χ2v) is 4.39. The number of aromatic amines is 1. The Bertz CT molecular complexity index is 657. The number of aromatic nitrogens is 2. The van der Waals surface area contributed by atoms with Crippen molar-refractivity contribution < 1.29 is 19.1 Å². The highest BCUT2D eigenvalue weighted by molar-refractivity contribution is 5.91. The molecule has 0 bridgehead atoms. The van der Waals surface area contributed by atoms with Gasteiger partial charge in [-0.3, -0.25) is 5.10 Å². The van der Waals surface area contributed by atoms with E-state index in [4.69, 9.17) is 5.11 Å². The Morgan fingerprint density at radius 3 is 2.81 bits per heavy atom. The second kappa shape index (κ2) is 6.04. The van der Waals surface area contributed by atoms with E-state index in [9.17, 15) is 14.0 Å². The largest absolute Gasteiger partial charge is 0.478 e. The molecule has 0 atom stereocenters. The van der Waals surface area contributed by atoms with Gasteiger partial charge in [-0.15, -0.1) is 0 Å². The molecule has 110 valence electrons. The minimum Gasteiger partial charge on any atom is -0.478 e. The van der Waals surface area contributed by atoms with Crippen LogP contribution >= 0.6 is 0 Å². The molecule has 2 amide bonds. The highest BCUT2D eigenvalue weighted by Crippen LogP contribution is 2.15. The van der Waals surface area contributed by atoms with Crippen LogP contribution in [0.25, 0.3) is 0 Å². The summed E-state index contributed by atoms with van der Waals surface area (Å²) < 4.78 is 13.5. The maximum Gasteiger partial charge on any atom is 0.338 e. The number of carboxylic acid groups (broad SMARTS) is 1. The van der Waals surface area contributed by atoms with E-state index in [0.29, 0.717) is 6.54 Å². The molecule has 0 aliphatic rings. The fourth-order valence-corrected chi connectivity index (χ4v) is 1.69. The summed E-state index contributed by atoms with van der Waals surface area (Å²) in [6.45, 7) is 0.331. The van der Waals surface area contributed by atoms with Crippen molar-refractivity contribution in [3.8, 4) is 0 Å². The van der Waals surface area contributed by atoms with E-state index < -0.39 is 23.4 Å². The van der Waals surface area contributed by atoms with Gasteiger partial charge in [0.05, 0.1) is 18.3 Å². The molecular formula is C13H13FN4O3. The Hall–Kier alpha value is -2.90. The summed E-state index contributed by atoms with van der Waals surface area (Å²) in [5, 5.41) is 17.6. The van der Waals surface area contributed by atoms with Gasteiger partial charge in [0, 0.05) is 24.5 Å². The first-order chi connectivity index (χ1) is 9.97. The standard InChI is InChI=1S/C13H13FN4O3/c1-18(7-8-5-15-16-6-8)13(21)17-9-2-3-10(12(19)20)11(14)4-9/h2-6H,7H2,1H3,(H,15,16)(H,17,21)(H,19,20). The van der Waals surface area contributed by atoms with E-state index in [0.717, 1.165) is 17.7 Å². The summed E-state index contributed by atoms with van der Waals surface area (Å²) in [6.07, 6.45) is 3.25. The molecule has 0 saturated carbocycles. The number of hydrogen-bond donors (Lipinski definition) is 3. The molecule has 0 radical (unpaired) electrons. The van der Waals surface area contributed by atoms with Crippen molar-refractivity contribution in [3.05, 3.63) is 47.5 Å². The number of aromatic carboxylic acids is 1. The maximum absolute atomic E-state index is 13.5. The molecule has 0 saturated heterocycles. The summed E-state index contributed by atoms with van der Waals surface area (Å²) >= 11 is 0. The lowest BCUT2D eigenvalue weighted by atomic mass is 10.2. The van der Waals surface area contributed by atoms with Crippen molar-refractivity contribution in [3.63, 3.8) is 0 Å². The number of carbonyl (C=O) groups excluding carboxylic acids is 1. The van der Waals surface area contributed by atoms with Crippen LogP contribution in [0.2, 0.25) is 0 Å². The van der Waals surface area contributed by atoms with Gasteiger partial charge >= 0.3 is 12.0 Å². The number of carbonyl (C=O) groups is 2. The average Bonchev–Trinajstić information content (AvgIpc) is 2.91. The van der Waals surface area contributed by atoms with Gasteiger partial charge in [0.25, 0.3) is 0 Å². The van der Waals surface area contributed by atoms with Crippen LogP contribution in [0.15, 0.2) is 30.6 Å². The minimum absolute atomic E-state index is 0.182. The Balaban J connectivity index is 2.02. The van der Waals surface area contributed by atoms with Gasteiger partial charge in [0.15, 0.2) is 0 Å². The topological polar surface area (TPSA) is 98.3 Å². The predicted octanol–water partition coefficient (Wildman–Crippen LogP) is 1.91. The van der Waals surface area contributed by atoms with E-state index in [1.165, 1.54) is 11.0 Å². The van der Waals surface area contributed by atoms with Crippen LogP contribution in [0, 0.1) is 5.82 Å². The second-order valence-electron chi connectivity index (χ2n) is 4.39. The molecule has 21 heavy (non-hydrogen) atoms. The molecule has 7 nitrogen and oxygen atoms in total. The van der Waals surface area contributed by atoms with E-state index >= 15 is 0 Å². The number of nitrogens with one attached hydrogen (secondary N) is 2. The number of nitrogens with zero attached hydrogens (tertiary/aromatic N) is 2. The fourth-order valence-electron chi connectivity index (χ4n) is 1.69. The van der Waals surface area contributed by atoms with Gasteiger partial charge in [-0.2, -0.15) is 5.10 Å². The van der Waals surface area contributed by atoms with Crippen LogP contribution in [-0.2, 0) is 6.54 Å². The first kappa shape index (κ1) is 14.5. The number of anilines is 1. The number of benzene rings is 1. The van der Waals surface area contributed by atoms with Crippen LogP contribution in [0.3, 0.4) is 0 Å². The van der Waals surface area contributed by atoms with Crippen molar-refractivity contribution in [1.29, 1.82) is 0 Å². The van der Waals surface area contributed by atoms with Gasteiger partial charge in [-0.25, -0.2) is 14.0 Å². The molecule has 1 aromatic carbocycles. The summed E-state index contributed by atoms with van der Waals surface area (Å²) in [5.41, 5.74) is 0.557. The molecule has 1 heterocycles. The quantitative estimate of drug-likeness (QED) is 0.801. The SMILES string of the molecule is CN(Cc1cn[nH]c1)C(=O)Nc1ccc(C(=O)O)c(F)c1. The maximum atomic E-state index is 13.5. The van der Waals surface area contributed by atoms with Crippen LogP contribution in [0.5, 0.6) is 0 Å². The smallest absolute Gasteiger partial charge is 0.338 e. The van der Waals surface area contributed by atoms with Gasteiger partial charge in [-0.05, 0) is 18.2 Å². The van der Waals surface area contributed by atoms with E-state index in [2.05, 4.69) is 15.5 Å². The third-order valence-corrected chi connectivity index (χ3v) is 2.77. The van der Waals surface area contributed by atoms with Gasteiger partial charge in [0.2, 0.25) is 0 Å². The number of hydrogen-bond acceptors (Lipinski definition) is 3. The van der Waals surface area contributed by atoms with E-state index in [1.807, 2.05) is 0 Å². The predicted molar refractivity (Wildman–Crippen MR) is 72.4 cm³/mol. The summed E-state index contributed by atoms with van der Waals surface area (Å²) in [7, 11) is 1.57. The molecule has 2 aromatic rings. The fraction of sp³-hybridized carbons (Fsp3) is 0.154. The van der Waals surface area contributed by atoms with E-state index in [-0.39, 0.29) is 5.69 Å². The molecule has 8 heteroatoms. The zero-order chi connectivity index (χ0) is 15.4. The molecule has 2 rings (SSSR count). The molecule has 0 aliphatic heterocycles. The molecule has 0 aliphatic carbocycles. The zero-order valence-corrected chi connectivity index (χ0v) is 11.1. The van der Waals surface area contributed by atoms with E-state index in [1.54, 1.807) is 19.4 Å². The van der Waals surface area contributed by atoms with Crippen LogP contribution in [0.1, 0.15) is 15.9 Å². The number of halogens is 1. The van der Waals surface area contributed by atoms with Crippen molar-refractivity contribution in [2.24, 2.45) is 0 Å². The van der Waals surface area contributed by atoms with Crippen molar-refractivity contribution in [2.75, 3.05) is 12.4 Å². The third kappa shape index (κ3) is 3.56. The number of amides is 2. The molecule has 3 N–H and O–H groups in total. The molecule has 1 aromatic heterocycles. The molecule has 0 fully saturated rings. The number of carboxylic acids is 1. The lowest BCUT2D eigenvalue weighted by Gasteiger charge is -2.17. The normalized spacial score (nSPS) is 10.2. The van der Waals surface area contributed by atoms with Crippen molar-refractivity contribution in [2.45, 2.75) is 6.54 Å². The Morgan fingerprint density at radius 2 is 2.24 bits per heavy atom. The van der Waals surface area contributed by atoms with Gasteiger partial charge in [0.1, 0.15) is 5.82 Å². The molecular weight excluding hydrogens is 279 g/mol. The number of urea groups is 1. The highest BCUT2D eigenvalue weighted by atomic mass is 19.1. The molecule has 0 spiro atoms. The lowest BCUT2D eigenvalue weighted by Crippen LogP contribution is -2.30. The first-order valence-corrected chi connectivity index (χ1v) is 6.00. The summed E-state index contributed by atoms with van der Waals surface area (Å²) in [6, 6.07) is 2.95. The Morgan fingerprint density at radius 1 is 1.48 bits per heavy atom. The first-order valence-electron chi connectivity index (χ1n) is 6.00. The average molecular weight is 292 g/mol. The highest BCUT2D eigenvalue weighted by Gasteiger charge is 2.13. The zero-order valence-electron chi connectivity index (χ0n) is 11.1. The Labute approximate surface area is 119 Å². The summed E-state index contributed by atoms with van der Waals surface area (Å²) in [5.74, 6) is -2.26. The monoisotopic (exact) mass is 292 g/mol. The summed E-state index contributed by atoms with van der Waals surface area (Å²) in [4.78, 5) is 24.0.